The Bertz CT molecular complexity index is 819. The van der Waals surface area contributed by atoms with E-state index in [4.69, 9.17) is 0 Å². The Labute approximate surface area is 160 Å². The molecule has 1 saturated heterocycles. The van der Waals surface area contributed by atoms with Gasteiger partial charge in [0.25, 0.3) is 5.91 Å². The van der Waals surface area contributed by atoms with Crippen LogP contribution in [0.4, 0.5) is 5.69 Å². The number of hydrogen-bond donors (Lipinski definition) is 1. The van der Waals surface area contributed by atoms with Gasteiger partial charge in [0, 0.05) is 19.2 Å². The molecule has 3 rings (SSSR count). The lowest BCUT2D eigenvalue weighted by Gasteiger charge is -2.35. The quantitative estimate of drug-likeness (QED) is 0.817. The monoisotopic (exact) mass is 362 g/mol. The number of para-hydroxylation sites is 1. The van der Waals surface area contributed by atoms with Crippen LogP contribution in [0.2, 0.25) is 0 Å². The third-order valence-electron chi connectivity index (χ3n) is 4.80. The topological polar surface area (TPSA) is 49.4 Å². The molecule has 0 aliphatic carbocycles. The van der Waals surface area contributed by atoms with Gasteiger partial charge in [-0.05, 0) is 42.0 Å². The number of carbonyl (C=O) groups is 2. The lowest BCUT2D eigenvalue weighted by atomic mass is 9.91. The van der Waals surface area contributed by atoms with Gasteiger partial charge in [-0.3, -0.25) is 9.59 Å². The van der Waals surface area contributed by atoms with Crippen molar-refractivity contribution >= 4 is 23.6 Å². The molecule has 0 spiro atoms. The largest absolute Gasteiger partial charge is 0.338 e. The zero-order valence-electron chi connectivity index (χ0n) is 15.9. The zero-order chi connectivity index (χ0) is 19.2. The highest BCUT2D eigenvalue weighted by atomic mass is 16.2. The van der Waals surface area contributed by atoms with E-state index in [9.17, 15) is 9.59 Å². The molecule has 1 heterocycles. The van der Waals surface area contributed by atoms with Crippen molar-refractivity contribution < 1.29 is 9.59 Å². The number of piperidine rings is 1. The smallest absolute Gasteiger partial charge is 0.255 e. The van der Waals surface area contributed by atoms with Crippen LogP contribution >= 0.6 is 0 Å². The first-order valence-corrected chi connectivity index (χ1v) is 9.45. The van der Waals surface area contributed by atoms with Crippen LogP contribution in [0.1, 0.15) is 36.2 Å². The molecular weight excluding hydrogens is 336 g/mol. The highest BCUT2D eigenvalue weighted by Gasteiger charge is 2.27. The standard InChI is InChI=1S/C23H26N2O2/c1-17-14-18(2)16-25(15-17)23(27)20-10-6-7-11-21(20)24-22(26)13-12-19-8-4-3-5-9-19/h3-13,17-18H,14-16H2,1-2H3,(H,24,26)/b13-12+. The Morgan fingerprint density at radius 2 is 1.59 bits per heavy atom. The Balaban J connectivity index is 1.73. The second-order valence-electron chi connectivity index (χ2n) is 7.44. The number of anilines is 1. The van der Waals surface area contributed by atoms with Crippen LogP contribution in [0.3, 0.4) is 0 Å². The molecule has 140 valence electrons. The van der Waals surface area contributed by atoms with E-state index in [1.54, 1.807) is 18.2 Å². The minimum Gasteiger partial charge on any atom is -0.338 e. The van der Waals surface area contributed by atoms with E-state index >= 15 is 0 Å². The molecule has 1 aliphatic heterocycles. The van der Waals surface area contributed by atoms with Crippen molar-refractivity contribution in [1.82, 2.24) is 4.90 Å². The first-order chi connectivity index (χ1) is 13.0. The third-order valence-corrected chi connectivity index (χ3v) is 4.80. The second-order valence-corrected chi connectivity index (χ2v) is 7.44. The van der Waals surface area contributed by atoms with Gasteiger partial charge in [0.15, 0.2) is 0 Å². The molecule has 2 unspecified atom stereocenters. The molecule has 0 radical (unpaired) electrons. The molecule has 2 aromatic rings. The summed E-state index contributed by atoms with van der Waals surface area (Å²) in [4.78, 5) is 27.3. The molecule has 1 N–H and O–H groups in total. The predicted octanol–water partition coefficient (Wildman–Crippen LogP) is 4.46. The number of carbonyl (C=O) groups excluding carboxylic acids is 2. The van der Waals surface area contributed by atoms with Crippen molar-refractivity contribution in [1.29, 1.82) is 0 Å². The van der Waals surface area contributed by atoms with E-state index in [1.165, 1.54) is 6.08 Å². The summed E-state index contributed by atoms with van der Waals surface area (Å²) in [6.07, 6.45) is 4.39. The summed E-state index contributed by atoms with van der Waals surface area (Å²) < 4.78 is 0. The molecule has 0 aromatic heterocycles. The van der Waals surface area contributed by atoms with Crippen molar-refractivity contribution in [2.75, 3.05) is 18.4 Å². The van der Waals surface area contributed by atoms with E-state index in [1.807, 2.05) is 47.4 Å². The van der Waals surface area contributed by atoms with Gasteiger partial charge < -0.3 is 10.2 Å². The lowest BCUT2D eigenvalue weighted by molar-refractivity contribution is -0.111. The number of nitrogens with one attached hydrogen (secondary N) is 1. The molecule has 2 atom stereocenters. The maximum Gasteiger partial charge on any atom is 0.255 e. The van der Waals surface area contributed by atoms with Gasteiger partial charge >= 0.3 is 0 Å². The van der Waals surface area contributed by atoms with Crippen LogP contribution in [-0.2, 0) is 4.79 Å². The first kappa shape index (κ1) is 18.9. The fourth-order valence-corrected chi connectivity index (χ4v) is 3.69. The Morgan fingerprint density at radius 1 is 0.963 bits per heavy atom. The van der Waals surface area contributed by atoms with Gasteiger partial charge in [0.1, 0.15) is 0 Å². The van der Waals surface area contributed by atoms with Crippen molar-refractivity contribution in [2.45, 2.75) is 20.3 Å². The summed E-state index contributed by atoms with van der Waals surface area (Å²) >= 11 is 0. The number of rotatable bonds is 4. The van der Waals surface area contributed by atoms with Crippen molar-refractivity contribution in [3.8, 4) is 0 Å². The summed E-state index contributed by atoms with van der Waals surface area (Å²) in [6, 6.07) is 16.9. The van der Waals surface area contributed by atoms with E-state index in [2.05, 4.69) is 19.2 Å². The molecule has 4 heteroatoms. The minimum atomic E-state index is -0.250. The van der Waals surface area contributed by atoms with Crippen LogP contribution in [0, 0.1) is 11.8 Å². The SMILES string of the molecule is CC1CC(C)CN(C(=O)c2ccccc2NC(=O)/C=C/c2ccccc2)C1. The summed E-state index contributed by atoms with van der Waals surface area (Å²) in [7, 11) is 0. The van der Waals surface area contributed by atoms with Gasteiger partial charge in [0.2, 0.25) is 5.91 Å². The number of hydrogen-bond acceptors (Lipinski definition) is 2. The number of nitrogens with zero attached hydrogens (tertiary/aromatic N) is 1. The first-order valence-electron chi connectivity index (χ1n) is 9.45. The predicted molar refractivity (Wildman–Crippen MR) is 109 cm³/mol. The van der Waals surface area contributed by atoms with Gasteiger partial charge in [0.05, 0.1) is 11.3 Å². The summed E-state index contributed by atoms with van der Waals surface area (Å²) in [5.41, 5.74) is 2.05. The van der Waals surface area contributed by atoms with E-state index in [0.717, 1.165) is 25.1 Å². The van der Waals surface area contributed by atoms with Crippen LogP contribution in [0.15, 0.2) is 60.7 Å². The Hall–Kier alpha value is -2.88. The fourth-order valence-electron chi connectivity index (χ4n) is 3.69. The average molecular weight is 362 g/mol. The van der Waals surface area contributed by atoms with Gasteiger partial charge in [-0.2, -0.15) is 0 Å². The third kappa shape index (κ3) is 5.07. The van der Waals surface area contributed by atoms with Gasteiger partial charge in [-0.25, -0.2) is 0 Å². The van der Waals surface area contributed by atoms with Crippen molar-refractivity contribution in [3.63, 3.8) is 0 Å². The average Bonchev–Trinajstić information content (AvgIpc) is 2.66. The number of amides is 2. The normalized spacial score (nSPS) is 19.9. The molecule has 2 aromatic carbocycles. The zero-order valence-corrected chi connectivity index (χ0v) is 15.9. The Morgan fingerprint density at radius 3 is 2.30 bits per heavy atom. The van der Waals surface area contributed by atoms with Gasteiger partial charge in [-0.15, -0.1) is 0 Å². The Kier molecular flexibility index (Phi) is 6.07. The van der Waals surface area contributed by atoms with E-state index in [-0.39, 0.29) is 11.8 Å². The van der Waals surface area contributed by atoms with Crippen LogP contribution in [-0.4, -0.2) is 29.8 Å². The summed E-state index contributed by atoms with van der Waals surface area (Å²) in [5.74, 6) is 0.720. The fraction of sp³-hybridized carbons (Fsp3) is 0.304. The summed E-state index contributed by atoms with van der Waals surface area (Å²) in [6.45, 7) is 5.88. The molecule has 27 heavy (non-hydrogen) atoms. The maximum atomic E-state index is 13.0. The molecule has 1 aliphatic rings. The summed E-state index contributed by atoms with van der Waals surface area (Å²) in [5, 5.41) is 2.85. The van der Waals surface area contributed by atoms with Gasteiger partial charge in [-0.1, -0.05) is 56.3 Å². The van der Waals surface area contributed by atoms with E-state index < -0.39 is 0 Å². The maximum absolute atomic E-state index is 13.0. The van der Waals surface area contributed by atoms with Crippen LogP contribution in [0.25, 0.3) is 6.08 Å². The van der Waals surface area contributed by atoms with E-state index in [0.29, 0.717) is 23.1 Å². The number of likely N-dealkylation sites (tertiary alicyclic amines) is 1. The molecule has 2 amide bonds. The molecule has 0 saturated carbocycles. The number of benzene rings is 2. The van der Waals surface area contributed by atoms with Crippen LogP contribution in [0.5, 0.6) is 0 Å². The molecule has 4 nitrogen and oxygen atoms in total. The highest BCUT2D eigenvalue weighted by Crippen LogP contribution is 2.25. The van der Waals surface area contributed by atoms with Crippen molar-refractivity contribution in [2.24, 2.45) is 11.8 Å². The lowest BCUT2D eigenvalue weighted by Crippen LogP contribution is -2.42. The highest BCUT2D eigenvalue weighted by molar-refractivity contribution is 6.07. The van der Waals surface area contributed by atoms with Crippen LogP contribution < -0.4 is 5.32 Å². The molecular formula is C23H26N2O2. The second kappa shape index (κ2) is 8.67. The van der Waals surface area contributed by atoms with Crippen molar-refractivity contribution in [3.05, 3.63) is 71.8 Å². The minimum absolute atomic E-state index is 0.0173. The molecule has 1 fully saturated rings. The molecule has 0 bridgehead atoms.